The number of nitrogens with zero attached hydrogens (tertiary/aromatic N) is 1. The molecule has 1 atom stereocenters. The highest BCUT2D eigenvalue weighted by Crippen LogP contribution is 2.37. The second-order valence-electron chi connectivity index (χ2n) is 5.99. The van der Waals surface area contributed by atoms with Crippen LogP contribution in [0.25, 0.3) is 0 Å². The Morgan fingerprint density at radius 3 is 2.35 bits per heavy atom. The lowest BCUT2D eigenvalue weighted by atomic mass is 10.2. The van der Waals surface area contributed by atoms with E-state index in [0.29, 0.717) is 0 Å². The van der Waals surface area contributed by atoms with E-state index < -0.39 is 14.4 Å². The minimum absolute atomic E-state index is 0.161. The molecule has 0 aliphatic rings. The summed E-state index contributed by atoms with van der Waals surface area (Å²) in [6, 6.07) is 1.87. The Bertz CT molecular complexity index is 383. The van der Waals surface area contributed by atoms with Gasteiger partial charge in [-0.15, -0.1) is 0 Å². The monoisotopic (exact) mass is 253 g/mol. The average molecular weight is 253 g/mol. The predicted molar refractivity (Wildman–Crippen MR) is 72.7 cm³/mol. The van der Waals surface area contributed by atoms with Crippen LogP contribution in [0.4, 0.5) is 0 Å². The maximum absolute atomic E-state index is 9.52. The first-order valence-electron chi connectivity index (χ1n) is 5.95. The van der Waals surface area contributed by atoms with Crippen molar-refractivity contribution in [1.29, 1.82) is 0 Å². The van der Waals surface area contributed by atoms with E-state index >= 15 is 0 Å². The van der Waals surface area contributed by atoms with Gasteiger partial charge in [0, 0.05) is 11.8 Å². The van der Waals surface area contributed by atoms with Gasteiger partial charge in [-0.05, 0) is 31.1 Å². The van der Waals surface area contributed by atoms with E-state index in [4.69, 9.17) is 4.43 Å². The summed E-state index contributed by atoms with van der Waals surface area (Å²) in [6.07, 6.45) is 2.88. The van der Waals surface area contributed by atoms with Crippen LogP contribution in [-0.4, -0.2) is 18.4 Å². The van der Waals surface area contributed by atoms with Gasteiger partial charge < -0.3 is 9.53 Å². The van der Waals surface area contributed by atoms with Crippen LogP contribution < -0.4 is 4.43 Å². The van der Waals surface area contributed by atoms with Crippen LogP contribution in [0.5, 0.6) is 5.75 Å². The largest absolute Gasteiger partial charge is 0.542 e. The Labute approximate surface area is 105 Å². The molecule has 0 aliphatic heterocycles. The standard InChI is InChI=1S/C13H23NO2Si/c1-10(15)11-7-12(9-14-8-11)16-17(5,6)13(2,3)4/h7-10,15H,1-6H3. The number of aliphatic hydroxyl groups is 1. The number of aliphatic hydroxyl groups excluding tert-OH is 1. The van der Waals surface area contributed by atoms with Crippen LogP contribution in [0.2, 0.25) is 18.1 Å². The molecule has 0 saturated carbocycles. The van der Waals surface area contributed by atoms with Crippen LogP contribution >= 0.6 is 0 Å². The van der Waals surface area contributed by atoms with Gasteiger partial charge in [0.15, 0.2) is 0 Å². The average Bonchev–Trinajstić information content (AvgIpc) is 2.15. The number of hydrogen-bond donors (Lipinski definition) is 1. The van der Waals surface area contributed by atoms with Gasteiger partial charge in [-0.2, -0.15) is 0 Å². The van der Waals surface area contributed by atoms with Crippen LogP contribution in [0.1, 0.15) is 39.4 Å². The highest BCUT2D eigenvalue weighted by atomic mass is 28.4. The molecule has 0 aromatic carbocycles. The molecule has 1 rings (SSSR count). The normalized spacial score (nSPS) is 14.5. The first kappa shape index (κ1) is 14.2. The van der Waals surface area contributed by atoms with Crippen molar-refractivity contribution in [1.82, 2.24) is 4.98 Å². The second kappa shape index (κ2) is 4.78. The van der Waals surface area contributed by atoms with Crippen LogP contribution in [0.3, 0.4) is 0 Å². The van der Waals surface area contributed by atoms with Crippen molar-refractivity contribution in [2.75, 3.05) is 0 Å². The zero-order valence-electron chi connectivity index (χ0n) is 11.6. The maximum atomic E-state index is 9.52. The Balaban J connectivity index is 2.92. The van der Waals surface area contributed by atoms with Gasteiger partial charge in [0.05, 0.1) is 12.3 Å². The van der Waals surface area contributed by atoms with E-state index in [1.165, 1.54) is 0 Å². The van der Waals surface area contributed by atoms with Crippen molar-refractivity contribution in [3.8, 4) is 5.75 Å². The number of hydrogen-bond acceptors (Lipinski definition) is 3. The molecule has 4 heteroatoms. The second-order valence-corrected chi connectivity index (χ2v) is 10.7. The van der Waals surface area contributed by atoms with E-state index in [-0.39, 0.29) is 5.04 Å². The zero-order chi connectivity index (χ0) is 13.3. The molecule has 3 nitrogen and oxygen atoms in total. The molecule has 0 spiro atoms. The highest BCUT2D eigenvalue weighted by Gasteiger charge is 2.39. The summed E-state index contributed by atoms with van der Waals surface area (Å²) in [5.41, 5.74) is 0.793. The van der Waals surface area contributed by atoms with Crippen molar-refractivity contribution in [2.45, 2.75) is 51.9 Å². The van der Waals surface area contributed by atoms with E-state index in [1.54, 1.807) is 19.3 Å². The quantitative estimate of drug-likeness (QED) is 0.838. The minimum atomic E-state index is -1.83. The number of rotatable bonds is 3. The van der Waals surface area contributed by atoms with E-state index in [2.05, 4.69) is 38.8 Å². The molecule has 1 unspecified atom stereocenters. The highest BCUT2D eigenvalue weighted by molar-refractivity contribution is 6.74. The first-order chi connectivity index (χ1) is 7.63. The van der Waals surface area contributed by atoms with Crippen LogP contribution in [0, 0.1) is 0 Å². The molecule has 0 saturated heterocycles. The van der Waals surface area contributed by atoms with Gasteiger partial charge in [0.1, 0.15) is 5.75 Å². The summed E-state index contributed by atoms with van der Waals surface area (Å²) in [5, 5.41) is 9.68. The van der Waals surface area contributed by atoms with Gasteiger partial charge in [-0.3, -0.25) is 4.98 Å². The molecule has 0 amide bonds. The maximum Gasteiger partial charge on any atom is 0.250 e. The van der Waals surface area contributed by atoms with Crippen molar-refractivity contribution in [2.24, 2.45) is 0 Å². The van der Waals surface area contributed by atoms with Gasteiger partial charge in [0.2, 0.25) is 0 Å². The Morgan fingerprint density at radius 2 is 1.88 bits per heavy atom. The van der Waals surface area contributed by atoms with E-state index in [9.17, 15) is 5.11 Å². The smallest absolute Gasteiger partial charge is 0.250 e. The van der Waals surface area contributed by atoms with Crippen molar-refractivity contribution >= 4 is 8.32 Å². The van der Waals surface area contributed by atoms with Gasteiger partial charge >= 0.3 is 0 Å². The SMILES string of the molecule is CC(O)c1cncc(O[Si](C)(C)C(C)(C)C)c1. The Hall–Kier alpha value is -0.873. The van der Waals surface area contributed by atoms with Crippen molar-refractivity contribution in [3.63, 3.8) is 0 Å². The predicted octanol–water partition coefficient (Wildman–Crippen LogP) is 3.52. The van der Waals surface area contributed by atoms with E-state index in [1.807, 2.05) is 6.07 Å². The zero-order valence-corrected chi connectivity index (χ0v) is 12.6. The third-order valence-corrected chi connectivity index (χ3v) is 7.75. The Kier molecular flexibility index (Phi) is 3.99. The summed E-state index contributed by atoms with van der Waals surface area (Å²) in [7, 11) is -1.83. The third-order valence-electron chi connectivity index (χ3n) is 3.40. The summed E-state index contributed by atoms with van der Waals surface area (Å²) in [6.45, 7) is 12.7. The Morgan fingerprint density at radius 1 is 1.29 bits per heavy atom. The molecule has 1 aromatic heterocycles. The molecular formula is C13H23NO2Si. The molecule has 1 N–H and O–H groups in total. The molecular weight excluding hydrogens is 230 g/mol. The number of pyridine rings is 1. The fourth-order valence-corrected chi connectivity index (χ4v) is 2.17. The molecule has 0 aliphatic carbocycles. The summed E-state index contributed by atoms with van der Waals surface area (Å²) < 4.78 is 6.12. The lowest BCUT2D eigenvalue weighted by Crippen LogP contribution is -2.43. The molecule has 0 fully saturated rings. The van der Waals surface area contributed by atoms with Gasteiger partial charge in [-0.25, -0.2) is 0 Å². The first-order valence-corrected chi connectivity index (χ1v) is 8.86. The summed E-state index contributed by atoms with van der Waals surface area (Å²) in [5.74, 6) is 0.759. The molecule has 0 bridgehead atoms. The summed E-state index contributed by atoms with van der Waals surface area (Å²) in [4.78, 5) is 4.11. The van der Waals surface area contributed by atoms with Crippen molar-refractivity contribution < 1.29 is 9.53 Å². The molecule has 17 heavy (non-hydrogen) atoms. The lowest BCUT2D eigenvalue weighted by Gasteiger charge is -2.36. The molecule has 96 valence electrons. The minimum Gasteiger partial charge on any atom is -0.542 e. The number of aromatic nitrogens is 1. The fourth-order valence-electron chi connectivity index (χ4n) is 1.17. The molecule has 0 radical (unpaired) electrons. The van der Waals surface area contributed by atoms with Gasteiger partial charge in [-0.1, -0.05) is 20.8 Å². The topological polar surface area (TPSA) is 42.4 Å². The van der Waals surface area contributed by atoms with Crippen molar-refractivity contribution in [3.05, 3.63) is 24.0 Å². The van der Waals surface area contributed by atoms with Gasteiger partial charge in [0.25, 0.3) is 8.32 Å². The van der Waals surface area contributed by atoms with Crippen LogP contribution in [0.15, 0.2) is 18.5 Å². The molecule has 1 aromatic rings. The van der Waals surface area contributed by atoms with Crippen LogP contribution in [-0.2, 0) is 0 Å². The summed E-state index contributed by atoms with van der Waals surface area (Å²) >= 11 is 0. The molecule has 1 heterocycles. The van der Waals surface area contributed by atoms with E-state index in [0.717, 1.165) is 11.3 Å². The lowest BCUT2D eigenvalue weighted by molar-refractivity contribution is 0.198. The third kappa shape index (κ3) is 3.54. The fraction of sp³-hybridized carbons (Fsp3) is 0.615.